The second-order valence-electron chi connectivity index (χ2n) is 7.99. The van der Waals surface area contributed by atoms with Crippen LogP contribution in [-0.2, 0) is 0 Å². The Balaban J connectivity index is 1.44. The maximum atomic E-state index is 14.0. The van der Waals surface area contributed by atoms with Crippen LogP contribution in [0.4, 0.5) is 10.2 Å². The van der Waals surface area contributed by atoms with Crippen LogP contribution in [0.2, 0.25) is 5.02 Å². The summed E-state index contributed by atoms with van der Waals surface area (Å²) in [6.07, 6.45) is 5.52. The van der Waals surface area contributed by atoms with E-state index in [1.54, 1.807) is 29.3 Å². The monoisotopic (exact) mass is 444 g/mol. The SMILES string of the molecule is O=C(c1cnc(N2CCCN(C(=O)c3ccccc3F)CC2)c(Cl)c1)N1CCCCC1. The number of benzene rings is 1. The van der Waals surface area contributed by atoms with Gasteiger partial charge in [0.1, 0.15) is 11.6 Å². The second kappa shape index (κ2) is 9.64. The van der Waals surface area contributed by atoms with E-state index in [-0.39, 0.29) is 17.4 Å². The number of pyridine rings is 1. The molecule has 0 aliphatic carbocycles. The lowest BCUT2D eigenvalue weighted by atomic mass is 10.1. The zero-order chi connectivity index (χ0) is 21.8. The third-order valence-electron chi connectivity index (χ3n) is 5.90. The maximum Gasteiger partial charge on any atom is 0.256 e. The Morgan fingerprint density at radius 1 is 0.871 bits per heavy atom. The number of nitrogens with zero attached hydrogens (tertiary/aromatic N) is 4. The standard InChI is InChI=1S/C23H26ClFN4O2/c24-19-15-17(22(30)28-9-4-1-5-10-28)16-26-21(19)27-11-6-12-29(14-13-27)23(31)18-7-2-3-8-20(18)25/h2-3,7-8,15-16H,1,4-6,9-14H2. The van der Waals surface area contributed by atoms with Crippen LogP contribution in [0.15, 0.2) is 36.5 Å². The molecule has 0 radical (unpaired) electrons. The summed E-state index contributed by atoms with van der Waals surface area (Å²) in [5.41, 5.74) is 0.592. The van der Waals surface area contributed by atoms with Crippen molar-refractivity contribution < 1.29 is 14.0 Å². The molecule has 164 valence electrons. The van der Waals surface area contributed by atoms with E-state index in [0.717, 1.165) is 32.4 Å². The summed E-state index contributed by atoms with van der Waals surface area (Å²) in [4.78, 5) is 35.5. The highest BCUT2D eigenvalue weighted by Gasteiger charge is 2.25. The minimum Gasteiger partial charge on any atom is -0.354 e. The highest BCUT2D eigenvalue weighted by molar-refractivity contribution is 6.33. The molecular weight excluding hydrogens is 419 g/mol. The highest BCUT2D eigenvalue weighted by atomic mass is 35.5. The summed E-state index contributed by atoms with van der Waals surface area (Å²) in [6, 6.07) is 7.74. The van der Waals surface area contributed by atoms with Crippen molar-refractivity contribution in [3.05, 3.63) is 58.5 Å². The molecule has 0 saturated carbocycles. The van der Waals surface area contributed by atoms with E-state index < -0.39 is 5.82 Å². The van der Waals surface area contributed by atoms with Gasteiger partial charge in [-0.1, -0.05) is 23.7 Å². The smallest absolute Gasteiger partial charge is 0.256 e. The highest BCUT2D eigenvalue weighted by Crippen LogP contribution is 2.26. The van der Waals surface area contributed by atoms with Gasteiger partial charge in [-0.05, 0) is 43.9 Å². The summed E-state index contributed by atoms with van der Waals surface area (Å²) < 4.78 is 14.0. The third-order valence-corrected chi connectivity index (χ3v) is 6.18. The van der Waals surface area contributed by atoms with Gasteiger partial charge in [0.2, 0.25) is 0 Å². The van der Waals surface area contributed by atoms with Gasteiger partial charge in [-0.25, -0.2) is 9.37 Å². The molecule has 1 aromatic carbocycles. The molecule has 0 unspecified atom stereocenters. The molecule has 31 heavy (non-hydrogen) atoms. The molecule has 0 spiro atoms. The van der Waals surface area contributed by atoms with Crippen molar-refractivity contribution in [2.45, 2.75) is 25.7 Å². The molecule has 2 aliphatic heterocycles. The first-order valence-electron chi connectivity index (χ1n) is 10.8. The Bertz CT molecular complexity index is 964. The minimum absolute atomic E-state index is 0.0295. The Kier molecular flexibility index (Phi) is 6.70. The van der Waals surface area contributed by atoms with Crippen molar-refractivity contribution in [1.82, 2.24) is 14.8 Å². The van der Waals surface area contributed by atoms with E-state index in [1.165, 1.54) is 12.1 Å². The number of aromatic nitrogens is 1. The summed E-state index contributed by atoms with van der Waals surface area (Å²) in [7, 11) is 0. The molecule has 8 heteroatoms. The fourth-order valence-corrected chi connectivity index (χ4v) is 4.48. The lowest BCUT2D eigenvalue weighted by Gasteiger charge is -2.27. The molecule has 2 amide bonds. The second-order valence-corrected chi connectivity index (χ2v) is 8.40. The van der Waals surface area contributed by atoms with Crippen LogP contribution in [0.1, 0.15) is 46.4 Å². The van der Waals surface area contributed by atoms with E-state index >= 15 is 0 Å². The van der Waals surface area contributed by atoms with Crippen LogP contribution < -0.4 is 4.90 Å². The molecule has 2 fully saturated rings. The van der Waals surface area contributed by atoms with Crippen molar-refractivity contribution in [2.75, 3.05) is 44.2 Å². The van der Waals surface area contributed by atoms with Gasteiger partial charge in [0.15, 0.2) is 0 Å². The normalized spacial score (nSPS) is 17.4. The van der Waals surface area contributed by atoms with E-state index in [4.69, 9.17) is 11.6 Å². The Morgan fingerprint density at radius 3 is 2.32 bits per heavy atom. The fourth-order valence-electron chi connectivity index (χ4n) is 4.20. The first kappa shape index (κ1) is 21.6. The molecular formula is C23H26ClFN4O2. The average molecular weight is 445 g/mol. The summed E-state index contributed by atoms with van der Waals surface area (Å²) in [5, 5.41) is 0.428. The number of hydrogen-bond donors (Lipinski definition) is 0. The molecule has 0 bridgehead atoms. The minimum atomic E-state index is -0.507. The van der Waals surface area contributed by atoms with Crippen LogP contribution in [0, 0.1) is 5.82 Å². The van der Waals surface area contributed by atoms with E-state index in [1.807, 2.05) is 9.80 Å². The number of likely N-dealkylation sites (tertiary alicyclic amines) is 1. The third kappa shape index (κ3) is 4.82. The topological polar surface area (TPSA) is 56.8 Å². The molecule has 6 nitrogen and oxygen atoms in total. The van der Waals surface area contributed by atoms with E-state index in [0.29, 0.717) is 49.0 Å². The Morgan fingerprint density at radius 2 is 1.58 bits per heavy atom. The first-order chi connectivity index (χ1) is 15.0. The number of carbonyl (C=O) groups excluding carboxylic acids is 2. The molecule has 2 aliphatic rings. The van der Waals surface area contributed by atoms with Gasteiger partial charge in [0, 0.05) is 45.5 Å². The lowest BCUT2D eigenvalue weighted by molar-refractivity contribution is 0.0722. The van der Waals surface area contributed by atoms with Crippen LogP contribution in [0.5, 0.6) is 0 Å². The summed E-state index contributed by atoms with van der Waals surface area (Å²) in [5.74, 6) is -0.232. The first-order valence-corrected chi connectivity index (χ1v) is 11.2. The molecule has 2 aromatic rings. The summed E-state index contributed by atoms with van der Waals surface area (Å²) >= 11 is 6.51. The molecule has 0 N–H and O–H groups in total. The van der Waals surface area contributed by atoms with Crippen LogP contribution in [0.25, 0.3) is 0 Å². The molecule has 1 aromatic heterocycles. The maximum absolute atomic E-state index is 14.0. The Hall–Kier alpha value is -2.67. The van der Waals surface area contributed by atoms with Crippen LogP contribution in [0.3, 0.4) is 0 Å². The zero-order valence-corrected chi connectivity index (χ0v) is 18.2. The van der Waals surface area contributed by atoms with Gasteiger partial charge >= 0.3 is 0 Å². The molecule has 2 saturated heterocycles. The van der Waals surface area contributed by atoms with Gasteiger partial charge in [0.25, 0.3) is 11.8 Å². The number of anilines is 1. The lowest BCUT2D eigenvalue weighted by Crippen LogP contribution is -2.36. The van der Waals surface area contributed by atoms with Crippen molar-refractivity contribution >= 4 is 29.2 Å². The quantitative estimate of drug-likeness (QED) is 0.721. The van der Waals surface area contributed by atoms with Crippen molar-refractivity contribution in [1.29, 1.82) is 0 Å². The van der Waals surface area contributed by atoms with Crippen LogP contribution >= 0.6 is 11.6 Å². The van der Waals surface area contributed by atoms with Crippen LogP contribution in [-0.4, -0.2) is 65.9 Å². The zero-order valence-electron chi connectivity index (χ0n) is 17.4. The predicted octanol–water partition coefficient (Wildman–Crippen LogP) is 3.85. The largest absolute Gasteiger partial charge is 0.354 e. The summed E-state index contributed by atoms with van der Waals surface area (Å²) in [6.45, 7) is 3.73. The number of amides is 2. The average Bonchev–Trinajstić information content (AvgIpc) is 3.05. The molecule has 0 atom stereocenters. The van der Waals surface area contributed by atoms with Gasteiger partial charge in [-0.2, -0.15) is 0 Å². The van der Waals surface area contributed by atoms with Crippen molar-refractivity contribution in [3.63, 3.8) is 0 Å². The van der Waals surface area contributed by atoms with Crippen molar-refractivity contribution in [3.8, 4) is 0 Å². The van der Waals surface area contributed by atoms with Gasteiger partial charge < -0.3 is 14.7 Å². The number of hydrogen-bond acceptors (Lipinski definition) is 4. The molecule has 3 heterocycles. The van der Waals surface area contributed by atoms with E-state index in [2.05, 4.69) is 4.98 Å². The number of piperidine rings is 1. The van der Waals surface area contributed by atoms with E-state index in [9.17, 15) is 14.0 Å². The number of halogens is 2. The number of rotatable bonds is 3. The van der Waals surface area contributed by atoms with Gasteiger partial charge in [-0.3, -0.25) is 9.59 Å². The van der Waals surface area contributed by atoms with Crippen molar-refractivity contribution in [2.24, 2.45) is 0 Å². The van der Waals surface area contributed by atoms with Gasteiger partial charge in [0.05, 0.1) is 16.1 Å². The molecule has 4 rings (SSSR count). The number of carbonyl (C=O) groups is 2. The Labute approximate surface area is 186 Å². The fraction of sp³-hybridized carbons (Fsp3) is 0.435. The predicted molar refractivity (Wildman–Crippen MR) is 118 cm³/mol. The van der Waals surface area contributed by atoms with Gasteiger partial charge in [-0.15, -0.1) is 0 Å².